The van der Waals surface area contributed by atoms with Crippen LogP contribution in [0.5, 0.6) is 17.4 Å². The van der Waals surface area contributed by atoms with Gasteiger partial charge in [-0.2, -0.15) is 0 Å². The van der Waals surface area contributed by atoms with Crippen LogP contribution < -0.4 is 9.47 Å². The largest absolute Gasteiger partial charge is 0.497 e. The Labute approximate surface area is 131 Å². The Morgan fingerprint density at radius 2 is 2.10 bits per heavy atom. The van der Waals surface area contributed by atoms with Crippen molar-refractivity contribution >= 4 is 21.9 Å². The number of rotatable bonds is 5. The standard InChI is InChI=1S/C15H14BrNO4/c1-3-20-15(18)10-4-7-14(17-9-10)21-13-6-5-11(19-2)8-12(13)16/h4-9H,3H2,1-2H3. The molecule has 2 aromatic rings. The van der Waals surface area contributed by atoms with Gasteiger partial charge >= 0.3 is 5.97 Å². The number of carbonyl (C=O) groups excluding carboxylic acids is 1. The smallest absolute Gasteiger partial charge is 0.339 e. The van der Waals surface area contributed by atoms with Gasteiger partial charge in [0.2, 0.25) is 5.88 Å². The molecule has 110 valence electrons. The predicted octanol–water partition coefficient (Wildman–Crippen LogP) is 3.82. The SMILES string of the molecule is CCOC(=O)c1ccc(Oc2ccc(OC)cc2Br)nc1. The minimum absolute atomic E-state index is 0.329. The number of ether oxygens (including phenoxy) is 3. The quantitative estimate of drug-likeness (QED) is 0.766. The molecular weight excluding hydrogens is 338 g/mol. The molecular formula is C15H14BrNO4. The van der Waals surface area contributed by atoms with Crippen LogP contribution in [0.4, 0.5) is 0 Å². The Hall–Kier alpha value is -2.08. The van der Waals surface area contributed by atoms with E-state index in [0.717, 1.165) is 10.2 Å². The third-order valence-electron chi connectivity index (χ3n) is 2.60. The van der Waals surface area contributed by atoms with Gasteiger partial charge < -0.3 is 14.2 Å². The van der Waals surface area contributed by atoms with E-state index < -0.39 is 5.97 Å². The fourth-order valence-corrected chi connectivity index (χ4v) is 2.02. The van der Waals surface area contributed by atoms with Gasteiger partial charge in [-0.1, -0.05) is 0 Å². The Balaban J connectivity index is 2.11. The van der Waals surface area contributed by atoms with Crippen LogP contribution in [-0.2, 0) is 4.74 Å². The molecule has 0 N–H and O–H groups in total. The van der Waals surface area contributed by atoms with Gasteiger partial charge in [-0.05, 0) is 47.1 Å². The van der Waals surface area contributed by atoms with E-state index in [4.69, 9.17) is 14.2 Å². The fraction of sp³-hybridized carbons (Fsp3) is 0.200. The molecule has 0 aliphatic heterocycles. The topological polar surface area (TPSA) is 57.7 Å². The van der Waals surface area contributed by atoms with E-state index in [1.165, 1.54) is 6.20 Å². The lowest BCUT2D eigenvalue weighted by molar-refractivity contribution is 0.0526. The maximum atomic E-state index is 11.5. The van der Waals surface area contributed by atoms with Crippen molar-refractivity contribution in [1.82, 2.24) is 4.98 Å². The van der Waals surface area contributed by atoms with Gasteiger partial charge in [0.05, 0.1) is 23.8 Å². The Kier molecular flexibility index (Phi) is 5.16. The number of esters is 1. The molecule has 0 amide bonds. The van der Waals surface area contributed by atoms with Crippen LogP contribution >= 0.6 is 15.9 Å². The molecule has 0 unspecified atom stereocenters. The average molecular weight is 352 g/mol. The number of hydrogen-bond acceptors (Lipinski definition) is 5. The van der Waals surface area contributed by atoms with Crippen molar-refractivity contribution in [2.24, 2.45) is 0 Å². The van der Waals surface area contributed by atoms with E-state index in [2.05, 4.69) is 20.9 Å². The molecule has 0 bridgehead atoms. The summed E-state index contributed by atoms with van der Waals surface area (Å²) < 4.78 is 16.4. The molecule has 21 heavy (non-hydrogen) atoms. The number of carbonyl (C=O) groups is 1. The van der Waals surface area contributed by atoms with Crippen LogP contribution in [-0.4, -0.2) is 24.7 Å². The minimum Gasteiger partial charge on any atom is -0.497 e. The molecule has 0 aliphatic rings. The van der Waals surface area contributed by atoms with Crippen LogP contribution in [0.3, 0.4) is 0 Å². The van der Waals surface area contributed by atoms with Gasteiger partial charge in [-0.3, -0.25) is 0 Å². The van der Waals surface area contributed by atoms with Crippen molar-refractivity contribution in [3.8, 4) is 17.4 Å². The predicted molar refractivity (Wildman–Crippen MR) is 81.0 cm³/mol. The molecule has 0 aliphatic carbocycles. The number of benzene rings is 1. The molecule has 0 fully saturated rings. The molecule has 0 atom stereocenters. The number of methoxy groups -OCH3 is 1. The maximum Gasteiger partial charge on any atom is 0.339 e. The summed E-state index contributed by atoms with van der Waals surface area (Å²) in [5.74, 6) is 1.31. The minimum atomic E-state index is -0.401. The van der Waals surface area contributed by atoms with Gasteiger partial charge in [0.15, 0.2) is 0 Å². The van der Waals surface area contributed by atoms with Crippen LogP contribution in [0.15, 0.2) is 41.0 Å². The van der Waals surface area contributed by atoms with Crippen LogP contribution in [0.2, 0.25) is 0 Å². The molecule has 1 aromatic heterocycles. The third kappa shape index (κ3) is 3.95. The number of halogens is 1. The number of hydrogen-bond donors (Lipinski definition) is 0. The van der Waals surface area contributed by atoms with Crippen molar-refractivity contribution in [3.63, 3.8) is 0 Å². The zero-order chi connectivity index (χ0) is 15.2. The normalized spacial score (nSPS) is 10.0. The second-order valence-corrected chi connectivity index (χ2v) is 4.86. The lowest BCUT2D eigenvalue weighted by Crippen LogP contribution is -2.04. The Bertz CT molecular complexity index is 628. The third-order valence-corrected chi connectivity index (χ3v) is 3.22. The summed E-state index contributed by atoms with van der Waals surface area (Å²) in [5, 5.41) is 0. The van der Waals surface area contributed by atoms with Crippen molar-refractivity contribution < 1.29 is 19.0 Å². The van der Waals surface area contributed by atoms with Crippen molar-refractivity contribution in [1.29, 1.82) is 0 Å². The molecule has 0 spiro atoms. The van der Waals surface area contributed by atoms with Crippen LogP contribution in [0, 0.1) is 0 Å². The van der Waals surface area contributed by atoms with E-state index in [9.17, 15) is 4.79 Å². The van der Waals surface area contributed by atoms with Crippen LogP contribution in [0.1, 0.15) is 17.3 Å². The first-order chi connectivity index (χ1) is 10.1. The fourth-order valence-electron chi connectivity index (χ4n) is 1.58. The van der Waals surface area contributed by atoms with Gasteiger partial charge in [-0.25, -0.2) is 9.78 Å². The summed E-state index contributed by atoms with van der Waals surface area (Å²) in [6, 6.07) is 8.57. The summed E-state index contributed by atoms with van der Waals surface area (Å²) in [7, 11) is 1.60. The lowest BCUT2D eigenvalue weighted by atomic mass is 10.3. The van der Waals surface area contributed by atoms with Gasteiger partial charge in [0, 0.05) is 12.3 Å². The van der Waals surface area contributed by atoms with E-state index >= 15 is 0 Å². The van der Waals surface area contributed by atoms with Crippen molar-refractivity contribution in [3.05, 3.63) is 46.6 Å². The monoisotopic (exact) mass is 351 g/mol. The number of aromatic nitrogens is 1. The molecule has 1 aromatic carbocycles. The molecule has 1 heterocycles. The van der Waals surface area contributed by atoms with E-state index in [1.807, 2.05) is 0 Å². The zero-order valence-corrected chi connectivity index (χ0v) is 13.2. The van der Waals surface area contributed by atoms with Gasteiger partial charge in [0.25, 0.3) is 0 Å². The molecule has 0 radical (unpaired) electrons. The Morgan fingerprint density at radius 3 is 2.67 bits per heavy atom. The first kappa shape index (κ1) is 15.3. The molecule has 5 nitrogen and oxygen atoms in total. The highest BCUT2D eigenvalue weighted by atomic mass is 79.9. The molecule has 6 heteroatoms. The van der Waals surface area contributed by atoms with Gasteiger partial charge in [0.1, 0.15) is 11.5 Å². The van der Waals surface area contributed by atoms with Gasteiger partial charge in [-0.15, -0.1) is 0 Å². The zero-order valence-electron chi connectivity index (χ0n) is 11.6. The highest BCUT2D eigenvalue weighted by molar-refractivity contribution is 9.10. The summed E-state index contributed by atoms with van der Waals surface area (Å²) in [5.41, 5.74) is 0.387. The molecule has 2 rings (SSSR count). The summed E-state index contributed by atoms with van der Waals surface area (Å²) >= 11 is 3.40. The summed E-state index contributed by atoms with van der Waals surface area (Å²) in [6.45, 7) is 2.08. The summed E-state index contributed by atoms with van der Waals surface area (Å²) in [4.78, 5) is 15.6. The lowest BCUT2D eigenvalue weighted by Gasteiger charge is -2.08. The highest BCUT2D eigenvalue weighted by Gasteiger charge is 2.09. The van der Waals surface area contributed by atoms with Crippen molar-refractivity contribution in [2.45, 2.75) is 6.92 Å². The average Bonchev–Trinajstić information content (AvgIpc) is 2.50. The van der Waals surface area contributed by atoms with Crippen LogP contribution in [0.25, 0.3) is 0 Å². The molecule has 0 saturated carbocycles. The first-order valence-corrected chi connectivity index (χ1v) is 7.08. The maximum absolute atomic E-state index is 11.5. The number of pyridine rings is 1. The second kappa shape index (κ2) is 7.08. The molecule has 0 saturated heterocycles. The van der Waals surface area contributed by atoms with E-state index in [-0.39, 0.29) is 0 Å². The first-order valence-electron chi connectivity index (χ1n) is 6.28. The van der Waals surface area contributed by atoms with Crippen molar-refractivity contribution in [2.75, 3.05) is 13.7 Å². The second-order valence-electron chi connectivity index (χ2n) is 4.00. The number of nitrogens with zero attached hydrogens (tertiary/aromatic N) is 1. The summed E-state index contributed by atoms with van der Waals surface area (Å²) in [6.07, 6.45) is 1.42. The highest BCUT2D eigenvalue weighted by Crippen LogP contribution is 2.31. The van der Waals surface area contributed by atoms with E-state index in [0.29, 0.717) is 23.8 Å². The Morgan fingerprint density at radius 1 is 1.29 bits per heavy atom. The van der Waals surface area contributed by atoms with E-state index in [1.54, 1.807) is 44.4 Å².